The third kappa shape index (κ3) is 2.75. The molecule has 0 spiro atoms. The monoisotopic (exact) mass is 472 g/mol. The topological polar surface area (TPSA) is 57.7 Å². The van der Waals surface area contributed by atoms with E-state index in [1.54, 1.807) is 17.0 Å². The van der Waals surface area contributed by atoms with Gasteiger partial charge in [-0.3, -0.25) is 4.79 Å². The van der Waals surface area contributed by atoms with Crippen LogP contribution in [0.3, 0.4) is 0 Å². The van der Waals surface area contributed by atoms with Gasteiger partial charge < -0.3 is 4.90 Å². The van der Waals surface area contributed by atoms with Gasteiger partial charge in [0.1, 0.15) is 0 Å². The predicted molar refractivity (Wildman–Crippen MR) is 89.7 cm³/mol. The van der Waals surface area contributed by atoms with E-state index >= 15 is 0 Å². The highest BCUT2D eigenvalue weighted by Gasteiger charge is 2.29. The van der Waals surface area contributed by atoms with Crippen LogP contribution in [-0.4, -0.2) is 36.8 Å². The molecule has 5 nitrogen and oxygen atoms in total. The van der Waals surface area contributed by atoms with Crippen LogP contribution in [0.5, 0.6) is 0 Å². The molecule has 0 aromatic heterocycles. The molecule has 0 bridgehead atoms. The van der Waals surface area contributed by atoms with Crippen LogP contribution in [0, 0.1) is 0 Å². The van der Waals surface area contributed by atoms with E-state index in [0.717, 1.165) is 12.0 Å². The van der Waals surface area contributed by atoms with Crippen molar-refractivity contribution in [1.29, 1.82) is 0 Å². The quantitative estimate of drug-likeness (QED) is 0.385. The van der Waals surface area contributed by atoms with Gasteiger partial charge in [-0.2, -0.15) is 4.31 Å². The van der Waals surface area contributed by atoms with Crippen LogP contribution < -0.4 is 4.90 Å². The Labute approximate surface area is 140 Å². The molecule has 0 N–H and O–H groups in total. The highest BCUT2D eigenvalue weighted by Crippen LogP contribution is 2.36. The number of benzene rings is 1. The molecule has 8 heteroatoms. The predicted octanol–water partition coefficient (Wildman–Crippen LogP) is 2.37. The minimum atomic E-state index is -3.55. The summed E-state index contributed by atoms with van der Waals surface area (Å²) in [6.45, 7) is 2.09. The van der Waals surface area contributed by atoms with Gasteiger partial charge in [-0.05, 0) is 40.0 Å². The fourth-order valence-electron chi connectivity index (χ4n) is 2.14. The van der Waals surface area contributed by atoms with Crippen molar-refractivity contribution in [3.05, 3.63) is 22.2 Å². The molecule has 0 saturated heterocycles. The summed E-state index contributed by atoms with van der Waals surface area (Å²) in [6, 6.07) is 3.39. The van der Waals surface area contributed by atoms with Crippen molar-refractivity contribution in [3.8, 4) is 0 Å². The van der Waals surface area contributed by atoms with Gasteiger partial charge in [0, 0.05) is 30.7 Å². The van der Waals surface area contributed by atoms with Crippen molar-refractivity contribution in [1.82, 2.24) is 4.31 Å². The molecule has 0 saturated carbocycles. The zero-order valence-electron chi connectivity index (χ0n) is 11.1. The number of fused-ring (bicyclic) bond motifs is 1. The first-order chi connectivity index (χ1) is 9.28. The first-order valence-corrected chi connectivity index (χ1v) is 9.67. The zero-order valence-corrected chi connectivity index (χ0v) is 15.6. The van der Waals surface area contributed by atoms with Gasteiger partial charge in [0.15, 0.2) is 0 Å². The van der Waals surface area contributed by atoms with Gasteiger partial charge in [-0.1, -0.05) is 22.6 Å². The number of halogens is 2. The van der Waals surface area contributed by atoms with Crippen LogP contribution in [-0.2, 0) is 21.2 Å². The Kier molecular flexibility index (Phi) is 4.77. The van der Waals surface area contributed by atoms with Crippen LogP contribution in [0.2, 0.25) is 0 Å². The van der Waals surface area contributed by atoms with Gasteiger partial charge in [-0.25, -0.2) is 8.42 Å². The summed E-state index contributed by atoms with van der Waals surface area (Å²) in [5.74, 6) is -0.0725. The molecule has 1 amide bonds. The molecule has 1 aromatic carbocycles. The number of carbonyl (C=O) groups excluding carboxylic acids is 1. The van der Waals surface area contributed by atoms with Crippen molar-refractivity contribution in [3.63, 3.8) is 0 Å². The third-order valence-electron chi connectivity index (χ3n) is 3.27. The molecule has 110 valence electrons. The Hall–Kier alpha value is -0.190. The summed E-state index contributed by atoms with van der Waals surface area (Å²) in [4.78, 5) is 13.4. The number of rotatable bonds is 3. The molecule has 0 aliphatic carbocycles. The Balaban J connectivity index is 2.58. The summed E-state index contributed by atoms with van der Waals surface area (Å²) < 4.78 is 27.1. The second-order valence-electron chi connectivity index (χ2n) is 4.55. The minimum absolute atomic E-state index is 0.0725. The highest BCUT2D eigenvalue weighted by atomic mass is 127. The number of hydrogen-bond donors (Lipinski definition) is 0. The van der Waals surface area contributed by atoms with Crippen molar-refractivity contribution < 1.29 is 13.2 Å². The van der Waals surface area contributed by atoms with Gasteiger partial charge in [0.2, 0.25) is 15.9 Å². The molecular weight excluding hydrogens is 459 g/mol. The lowest BCUT2D eigenvalue weighted by Gasteiger charge is -2.19. The number of carbonyl (C=O) groups is 1. The summed E-state index contributed by atoms with van der Waals surface area (Å²) in [7, 11) is -2.02. The molecule has 1 aromatic rings. The molecule has 0 atom stereocenters. The molecule has 1 aliphatic heterocycles. The fourth-order valence-corrected chi connectivity index (χ4v) is 5.28. The molecule has 0 fully saturated rings. The number of amides is 1. The van der Waals surface area contributed by atoms with E-state index in [1.165, 1.54) is 18.3 Å². The van der Waals surface area contributed by atoms with Crippen molar-refractivity contribution in [2.45, 2.75) is 18.2 Å². The number of alkyl halides is 1. The Bertz CT molecular complexity index is 663. The maximum absolute atomic E-state index is 12.4. The van der Waals surface area contributed by atoms with Crippen molar-refractivity contribution in [2.24, 2.45) is 0 Å². The smallest absolute Gasteiger partial charge is 0.244 e. The van der Waals surface area contributed by atoms with Crippen LogP contribution in [0.4, 0.5) is 5.69 Å². The van der Waals surface area contributed by atoms with E-state index in [1.807, 2.05) is 22.6 Å². The summed E-state index contributed by atoms with van der Waals surface area (Å²) in [6.07, 6.45) is 0.746. The average molecular weight is 473 g/mol. The number of anilines is 1. The van der Waals surface area contributed by atoms with Crippen LogP contribution >= 0.6 is 38.5 Å². The second-order valence-corrected chi connectivity index (χ2v) is 8.10. The largest absolute Gasteiger partial charge is 0.312 e. The van der Waals surface area contributed by atoms with E-state index in [2.05, 4.69) is 15.9 Å². The SMILES string of the molecule is CC(=O)N1CCc2cc(Br)c(S(=O)(=O)N(C)CI)cc21. The van der Waals surface area contributed by atoms with E-state index in [4.69, 9.17) is 0 Å². The number of sulfonamides is 1. The van der Waals surface area contributed by atoms with Gasteiger partial charge in [0.25, 0.3) is 0 Å². The van der Waals surface area contributed by atoms with E-state index in [-0.39, 0.29) is 10.8 Å². The molecule has 0 radical (unpaired) electrons. The summed E-state index contributed by atoms with van der Waals surface area (Å²) in [5.41, 5.74) is 1.68. The molecule has 20 heavy (non-hydrogen) atoms. The first kappa shape index (κ1) is 16.2. The number of hydrogen-bond acceptors (Lipinski definition) is 3. The lowest BCUT2D eigenvalue weighted by Crippen LogP contribution is -2.27. The van der Waals surface area contributed by atoms with Crippen molar-refractivity contribution >= 4 is 60.1 Å². The summed E-state index contributed by atoms with van der Waals surface area (Å²) in [5, 5.41) is 0. The van der Waals surface area contributed by atoms with E-state index in [9.17, 15) is 13.2 Å². The van der Waals surface area contributed by atoms with Gasteiger partial charge in [-0.15, -0.1) is 0 Å². The Morgan fingerprint density at radius 2 is 2.15 bits per heavy atom. The summed E-state index contributed by atoms with van der Waals surface area (Å²) >= 11 is 5.32. The molecule has 2 rings (SSSR count). The van der Waals surface area contributed by atoms with E-state index < -0.39 is 10.0 Å². The molecule has 1 heterocycles. The van der Waals surface area contributed by atoms with Crippen LogP contribution in [0.1, 0.15) is 12.5 Å². The Morgan fingerprint density at radius 3 is 2.70 bits per heavy atom. The standard InChI is InChI=1S/C12H14BrIN2O3S/c1-8(17)16-4-3-9-5-10(13)12(6-11(9)16)20(18,19)15(2)7-14/h5-6H,3-4,7H2,1-2H3. The molecule has 1 aliphatic rings. The fraction of sp³-hybridized carbons (Fsp3) is 0.417. The maximum Gasteiger partial charge on any atom is 0.244 e. The normalized spacial score (nSPS) is 14.8. The second kappa shape index (κ2) is 5.90. The van der Waals surface area contributed by atoms with Gasteiger partial charge >= 0.3 is 0 Å². The average Bonchev–Trinajstić information content (AvgIpc) is 2.79. The molecular formula is C12H14BrIN2O3S. The lowest BCUT2D eigenvalue weighted by molar-refractivity contribution is -0.116. The first-order valence-electron chi connectivity index (χ1n) is 5.92. The van der Waals surface area contributed by atoms with E-state index in [0.29, 0.717) is 21.3 Å². The third-order valence-corrected chi connectivity index (χ3v) is 7.51. The number of nitrogens with zero attached hydrogens (tertiary/aromatic N) is 2. The Morgan fingerprint density at radius 1 is 1.50 bits per heavy atom. The molecule has 0 unspecified atom stereocenters. The maximum atomic E-state index is 12.4. The van der Waals surface area contributed by atoms with Gasteiger partial charge in [0.05, 0.1) is 9.45 Å². The van der Waals surface area contributed by atoms with Crippen LogP contribution in [0.15, 0.2) is 21.5 Å². The minimum Gasteiger partial charge on any atom is -0.312 e. The van der Waals surface area contributed by atoms with Crippen LogP contribution in [0.25, 0.3) is 0 Å². The highest BCUT2D eigenvalue weighted by molar-refractivity contribution is 14.1. The zero-order chi connectivity index (χ0) is 15.1. The van der Waals surface area contributed by atoms with Crippen molar-refractivity contribution in [2.75, 3.05) is 23.0 Å². The lowest BCUT2D eigenvalue weighted by atomic mass is 10.2.